The molecule has 0 spiro atoms. The van der Waals surface area contributed by atoms with Gasteiger partial charge in [-0.2, -0.15) is 0 Å². The number of hydrogen-bond donors (Lipinski definition) is 1. The molecule has 1 aromatic carbocycles. The van der Waals surface area contributed by atoms with E-state index in [1.807, 2.05) is 35.9 Å². The van der Waals surface area contributed by atoms with E-state index in [1.54, 1.807) is 25.5 Å². The molecule has 0 atom stereocenters. The third kappa shape index (κ3) is 8.02. The van der Waals surface area contributed by atoms with Gasteiger partial charge in [-0.3, -0.25) is 9.79 Å². The van der Waals surface area contributed by atoms with Gasteiger partial charge in [0, 0.05) is 72.2 Å². The molecule has 0 bridgehead atoms. The van der Waals surface area contributed by atoms with Crippen molar-refractivity contribution in [3.8, 4) is 5.75 Å². The number of halogens is 1. The maximum absolute atomic E-state index is 12.6. The minimum atomic E-state index is 0. The van der Waals surface area contributed by atoms with E-state index in [0.717, 1.165) is 36.3 Å². The van der Waals surface area contributed by atoms with E-state index in [1.165, 1.54) is 0 Å². The number of carbonyl (C=O) groups is 1. The Morgan fingerprint density at radius 3 is 2.42 bits per heavy atom. The first kappa shape index (κ1) is 26.6. The Morgan fingerprint density at radius 1 is 1.15 bits per heavy atom. The van der Waals surface area contributed by atoms with Crippen LogP contribution in [0.3, 0.4) is 0 Å². The summed E-state index contributed by atoms with van der Waals surface area (Å²) in [4.78, 5) is 31.6. The topological polar surface area (TPSA) is 86.2 Å². The Balaban J connectivity index is 0.00000385. The molecule has 0 unspecified atom stereocenters. The molecule has 180 valence electrons. The van der Waals surface area contributed by atoms with Crippen molar-refractivity contribution in [2.45, 2.75) is 19.9 Å². The van der Waals surface area contributed by atoms with E-state index in [4.69, 9.17) is 4.74 Å². The van der Waals surface area contributed by atoms with Crippen LogP contribution in [0, 0.1) is 0 Å². The van der Waals surface area contributed by atoms with Crippen molar-refractivity contribution in [3.05, 3.63) is 48.3 Å². The van der Waals surface area contributed by atoms with Crippen molar-refractivity contribution in [1.29, 1.82) is 0 Å². The first-order chi connectivity index (χ1) is 15.6. The third-order valence-electron chi connectivity index (χ3n) is 5.32. The van der Waals surface area contributed by atoms with Crippen LogP contribution in [0.1, 0.15) is 18.9 Å². The second-order valence-electron chi connectivity index (χ2n) is 7.57. The summed E-state index contributed by atoms with van der Waals surface area (Å²) in [7, 11) is 3.74. The first-order valence-electron chi connectivity index (χ1n) is 11.0. The summed E-state index contributed by atoms with van der Waals surface area (Å²) in [6.45, 7) is 6.75. The van der Waals surface area contributed by atoms with Gasteiger partial charge in [-0.1, -0.05) is 12.1 Å². The zero-order valence-electron chi connectivity index (χ0n) is 19.6. The molecular weight excluding hydrogens is 533 g/mol. The number of ether oxygens (including phenoxy) is 1. The third-order valence-corrected chi connectivity index (χ3v) is 5.32. The van der Waals surface area contributed by atoms with Gasteiger partial charge in [-0.05, 0) is 30.7 Å². The molecule has 1 N–H and O–H groups in total. The van der Waals surface area contributed by atoms with Crippen molar-refractivity contribution < 1.29 is 9.53 Å². The molecule has 2 aromatic rings. The Bertz CT molecular complexity index is 872. The molecule has 1 fully saturated rings. The van der Waals surface area contributed by atoms with Crippen LogP contribution < -0.4 is 15.0 Å². The monoisotopic (exact) mass is 567 g/mol. The molecule has 33 heavy (non-hydrogen) atoms. The number of nitrogens with one attached hydrogen (secondary N) is 1. The standard InChI is InChI=1S/C23H33N7O2.HI/c1-4-32-20-8-6-19(7-9-20)18-28(3)22(24-2)27-13-10-21(31)29-14-16-30(17-15-29)23-25-11-5-12-26-23;/h5-9,11-12H,4,10,13-18H2,1-3H3,(H,24,27);1H. The number of guanidine groups is 1. The van der Waals surface area contributed by atoms with Gasteiger partial charge < -0.3 is 24.8 Å². The van der Waals surface area contributed by atoms with Crippen LogP contribution in [0.2, 0.25) is 0 Å². The lowest BCUT2D eigenvalue weighted by Gasteiger charge is -2.34. The summed E-state index contributed by atoms with van der Waals surface area (Å²) in [5.41, 5.74) is 1.16. The summed E-state index contributed by atoms with van der Waals surface area (Å²) in [5.74, 6) is 2.51. The van der Waals surface area contributed by atoms with Crippen LogP contribution in [-0.2, 0) is 11.3 Å². The van der Waals surface area contributed by atoms with E-state index >= 15 is 0 Å². The summed E-state index contributed by atoms with van der Waals surface area (Å²) < 4.78 is 5.49. The average molecular weight is 567 g/mol. The highest BCUT2D eigenvalue weighted by atomic mass is 127. The minimum absolute atomic E-state index is 0. The Hall–Kier alpha value is -2.63. The molecule has 10 heteroatoms. The van der Waals surface area contributed by atoms with Crippen LogP contribution in [0.25, 0.3) is 0 Å². The number of rotatable bonds is 8. The van der Waals surface area contributed by atoms with Gasteiger partial charge in [0.15, 0.2) is 5.96 Å². The highest BCUT2D eigenvalue weighted by Gasteiger charge is 2.22. The van der Waals surface area contributed by atoms with E-state index in [2.05, 4.69) is 37.3 Å². The lowest BCUT2D eigenvalue weighted by molar-refractivity contribution is -0.131. The molecule has 0 radical (unpaired) electrons. The van der Waals surface area contributed by atoms with Crippen LogP contribution in [0.5, 0.6) is 5.75 Å². The highest BCUT2D eigenvalue weighted by Crippen LogP contribution is 2.13. The molecule has 3 rings (SSSR count). The molecule has 1 saturated heterocycles. The zero-order chi connectivity index (χ0) is 22.8. The number of nitrogens with zero attached hydrogens (tertiary/aromatic N) is 6. The van der Waals surface area contributed by atoms with Gasteiger partial charge in [-0.15, -0.1) is 24.0 Å². The number of aromatic nitrogens is 2. The number of hydrogen-bond acceptors (Lipinski definition) is 6. The van der Waals surface area contributed by atoms with Gasteiger partial charge in [0.2, 0.25) is 11.9 Å². The second-order valence-corrected chi connectivity index (χ2v) is 7.57. The van der Waals surface area contributed by atoms with Gasteiger partial charge in [-0.25, -0.2) is 9.97 Å². The number of benzene rings is 1. The molecule has 1 amide bonds. The Morgan fingerprint density at radius 2 is 1.82 bits per heavy atom. The smallest absolute Gasteiger partial charge is 0.225 e. The quantitative estimate of drug-likeness (QED) is 0.298. The van der Waals surface area contributed by atoms with E-state index < -0.39 is 0 Å². The summed E-state index contributed by atoms with van der Waals surface area (Å²) in [6.07, 6.45) is 3.91. The van der Waals surface area contributed by atoms with E-state index in [9.17, 15) is 4.79 Å². The number of anilines is 1. The molecule has 9 nitrogen and oxygen atoms in total. The fourth-order valence-electron chi connectivity index (χ4n) is 3.64. The molecule has 1 aliphatic heterocycles. The number of amides is 1. The summed E-state index contributed by atoms with van der Waals surface area (Å²) in [5, 5.41) is 3.30. The SMILES string of the molecule is CCOc1ccc(CN(C)C(=NC)NCCC(=O)N2CCN(c3ncccn3)CC2)cc1.I. The van der Waals surface area contributed by atoms with Crippen molar-refractivity contribution in [2.75, 3.05) is 58.3 Å². The molecule has 2 heterocycles. The fraction of sp³-hybridized carbons (Fsp3) is 0.478. The van der Waals surface area contributed by atoms with Crippen molar-refractivity contribution in [1.82, 2.24) is 25.1 Å². The van der Waals surface area contributed by atoms with Gasteiger partial charge in [0.25, 0.3) is 0 Å². The van der Waals surface area contributed by atoms with Crippen LogP contribution in [0.15, 0.2) is 47.7 Å². The predicted molar refractivity (Wildman–Crippen MR) is 141 cm³/mol. The van der Waals surface area contributed by atoms with E-state index in [0.29, 0.717) is 39.2 Å². The molecule has 0 saturated carbocycles. The summed E-state index contributed by atoms with van der Waals surface area (Å²) in [6, 6.07) is 9.87. The second kappa shape index (κ2) is 13.8. The molecule has 1 aromatic heterocycles. The van der Waals surface area contributed by atoms with Gasteiger partial charge in [0.1, 0.15) is 5.75 Å². The lowest BCUT2D eigenvalue weighted by Crippen LogP contribution is -2.50. The first-order valence-corrected chi connectivity index (χ1v) is 11.0. The van der Waals surface area contributed by atoms with E-state index in [-0.39, 0.29) is 29.9 Å². The maximum atomic E-state index is 12.6. The van der Waals surface area contributed by atoms with Crippen LogP contribution in [-0.4, -0.2) is 85.1 Å². The lowest BCUT2D eigenvalue weighted by atomic mass is 10.2. The number of aliphatic imine (C=N–C) groups is 1. The molecular formula is C23H34IN7O2. The summed E-state index contributed by atoms with van der Waals surface area (Å²) >= 11 is 0. The predicted octanol–water partition coefficient (Wildman–Crippen LogP) is 2.24. The zero-order valence-corrected chi connectivity index (χ0v) is 21.9. The highest BCUT2D eigenvalue weighted by molar-refractivity contribution is 14.0. The van der Waals surface area contributed by atoms with Crippen molar-refractivity contribution >= 4 is 41.8 Å². The molecule has 0 aliphatic carbocycles. The fourth-order valence-corrected chi connectivity index (χ4v) is 3.64. The average Bonchev–Trinajstić information content (AvgIpc) is 2.83. The Labute approximate surface area is 213 Å². The van der Waals surface area contributed by atoms with Gasteiger partial charge >= 0.3 is 0 Å². The van der Waals surface area contributed by atoms with Gasteiger partial charge in [0.05, 0.1) is 6.61 Å². The van der Waals surface area contributed by atoms with Crippen LogP contribution in [0.4, 0.5) is 5.95 Å². The van der Waals surface area contributed by atoms with Crippen molar-refractivity contribution in [2.24, 2.45) is 4.99 Å². The largest absolute Gasteiger partial charge is 0.494 e. The normalized spacial score (nSPS) is 13.8. The Kier molecular flexibility index (Phi) is 11.1. The van der Waals surface area contributed by atoms with Crippen LogP contribution >= 0.6 is 24.0 Å². The number of carbonyl (C=O) groups excluding carboxylic acids is 1. The minimum Gasteiger partial charge on any atom is -0.494 e. The number of piperazine rings is 1. The maximum Gasteiger partial charge on any atom is 0.225 e. The van der Waals surface area contributed by atoms with Crippen molar-refractivity contribution in [3.63, 3.8) is 0 Å². The molecule has 1 aliphatic rings.